The molecule has 0 saturated carbocycles. The number of carbonyl (C=O) groups is 4. The molecule has 0 spiro atoms. The van der Waals surface area contributed by atoms with E-state index in [0.29, 0.717) is 31.7 Å². The van der Waals surface area contributed by atoms with Gasteiger partial charge in [0.05, 0.1) is 11.3 Å². The van der Waals surface area contributed by atoms with Crippen molar-refractivity contribution < 1.29 is 33.5 Å². The topological polar surface area (TPSA) is 179 Å². The minimum atomic E-state index is -1.41. The number of anilines is 1. The number of oxime groups is 1. The van der Waals surface area contributed by atoms with Crippen molar-refractivity contribution in [3.63, 3.8) is 0 Å². The second-order valence-electron chi connectivity index (χ2n) is 21.9. The smallest absolute Gasteiger partial charge is 0.413 e. The monoisotopic (exact) mass is 1260 g/mol. The van der Waals surface area contributed by atoms with Crippen LogP contribution in [0.15, 0.2) is 275 Å². The van der Waals surface area contributed by atoms with Crippen LogP contribution in [0.3, 0.4) is 0 Å². The highest BCUT2D eigenvalue weighted by atomic mass is 32.2. The van der Waals surface area contributed by atoms with Gasteiger partial charge in [-0.25, -0.2) is 19.3 Å². The van der Waals surface area contributed by atoms with Gasteiger partial charge < -0.3 is 19.6 Å². The van der Waals surface area contributed by atoms with E-state index in [1.165, 1.54) is 40.2 Å². The van der Waals surface area contributed by atoms with E-state index in [-0.39, 0.29) is 28.0 Å². The van der Waals surface area contributed by atoms with E-state index < -0.39 is 58.1 Å². The Morgan fingerprint density at radius 1 is 0.644 bits per heavy atom. The van der Waals surface area contributed by atoms with Crippen molar-refractivity contribution in [2.45, 2.75) is 60.1 Å². The molecule has 0 radical (unpaired) electrons. The lowest BCUT2D eigenvalue weighted by atomic mass is 9.77. The highest BCUT2D eigenvalue weighted by Crippen LogP contribution is 2.47. The van der Waals surface area contributed by atoms with Gasteiger partial charge in [-0.2, -0.15) is 0 Å². The molecule has 0 aliphatic carbocycles. The first-order chi connectivity index (χ1) is 43.9. The summed E-state index contributed by atoms with van der Waals surface area (Å²) in [5.41, 5.74) is 3.33. The van der Waals surface area contributed by atoms with E-state index in [0.717, 1.165) is 39.2 Å². The van der Waals surface area contributed by atoms with E-state index >= 15 is 14.4 Å². The summed E-state index contributed by atoms with van der Waals surface area (Å²) in [6, 6.07) is 77.1. The number of esters is 1. The van der Waals surface area contributed by atoms with Crippen molar-refractivity contribution in [1.29, 1.82) is 0 Å². The summed E-state index contributed by atoms with van der Waals surface area (Å²) < 4.78 is 14.0. The van der Waals surface area contributed by atoms with E-state index in [1.54, 1.807) is 26.2 Å². The number of thiazole rings is 1. The van der Waals surface area contributed by atoms with Gasteiger partial charge in [0.2, 0.25) is 5.60 Å². The Balaban J connectivity index is 0.875. The molecule has 90 heavy (non-hydrogen) atoms. The fourth-order valence-electron chi connectivity index (χ4n) is 11.0. The first kappa shape index (κ1) is 60.7. The van der Waals surface area contributed by atoms with Gasteiger partial charge in [-0.1, -0.05) is 265 Å². The van der Waals surface area contributed by atoms with Gasteiger partial charge in [0, 0.05) is 32.7 Å². The van der Waals surface area contributed by atoms with Crippen molar-refractivity contribution in [2.75, 3.05) is 16.2 Å². The number of amides is 3. The summed E-state index contributed by atoms with van der Waals surface area (Å²) in [7, 11) is 0. The zero-order valence-electron chi connectivity index (χ0n) is 49.1. The second kappa shape index (κ2) is 27.1. The van der Waals surface area contributed by atoms with Crippen LogP contribution in [0, 0.1) is 0 Å². The number of fused-ring (bicyclic) bond motifs is 1. The number of carbonyl (C=O) groups excluding carboxylic acids is 4. The number of aromatic nitrogens is 4. The van der Waals surface area contributed by atoms with E-state index in [9.17, 15) is 4.79 Å². The molecule has 8 aromatic carbocycles. The van der Waals surface area contributed by atoms with Crippen LogP contribution in [0.5, 0.6) is 0 Å². The fraction of sp³-hybridized carbons (Fsp3) is 0.155. The minimum Gasteiger partial charge on any atom is -0.448 e. The summed E-state index contributed by atoms with van der Waals surface area (Å²) in [5, 5.41) is 21.9. The first-order valence-electron chi connectivity index (χ1n) is 28.9. The van der Waals surface area contributed by atoms with Crippen LogP contribution in [0.2, 0.25) is 0 Å². The number of rotatable bonds is 21. The molecule has 450 valence electrons. The van der Waals surface area contributed by atoms with Gasteiger partial charge in [-0.3, -0.25) is 19.8 Å². The molecule has 0 bridgehead atoms. The summed E-state index contributed by atoms with van der Waals surface area (Å²) >= 11 is 5.31. The van der Waals surface area contributed by atoms with E-state index in [4.69, 9.17) is 29.8 Å². The lowest BCUT2D eigenvalue weighted by molar-refractivity contribution is -0.154. The van der Waals surface area contributed by atoms with Crippen molar-refractivity contribution in [3.05, 3.63) is 315 Å². The molecule has 1 saturated heterocycles. The largest absolute Gasteiger partial charge is 0.448 e. The van der Waals surface area contributed by atoms with Gasteiger partial charge >= 0.3 is 12.1 Å². The summed E-state index contributed by atoms with van der Waals surface area (Å²) in [6.45, 7) is 5.24. The highest BCUT2D eigenvalue weighted by molar-refractivity contribution is 8.18. The van der Waals surface area contributed by atoms with E-state index in [1.807, 2.05) is 217 Å². The van der Waals surface area contributed by atoms with Crippen molar-refractivity contribution in [2.24, 2.45) is 5.16 Å². The second-order valence-corrected chi connectivity index (χ2v) is 26.3. The van der Waals surface area contributed by atoms with Gasteiger partial charge in [-0.05, 0) is 48.6 Å². The number of benzene rings is 8. The molecule has 10 aromatic rings. The zero-order chi connectivity index (χ0) is 62.1. The number of nitrogens with one attached hydrogen (secondary N) is 2. The Morgan fingerprint density at radius 3 is 1.59 bits per heavy atom. The molecule has 1 fully saturated rings. The SMILES string of the molecule is CC(C)(C)OC(=O)Nc1nc(C(=NOC(c2ccccc2)(c2ccccc2)c2ccccc2)C(=O)N[C@@H]2C(=O)N3C(C(=O)OC(c4ccccc4)c4ccccc4)=C(SCSc4cn(C(c5ccccc5)(c5ccccc5)c5ccccc5)nn4)CS[C@@H]23)cs1. The summed E-state index contributed by atoms with van der Waals surface area (Å²) in [6.07, 6.45) is 0.371. The Morgan fingerprint density at radius 2 is 1.11 bits per heavy atom. The standard InChI is InChI=1S/C71H60N8O7S4/c1-69(2,3)85-68(83)74-67-72-56(45-88-67)59(76-86-71(53-38-22-9-23-39-53,54-40-24-10-25-41-54)55-42-26-11-27-43-55)63(80)73-60-64(81)79-61(66(82)84-62(48-28-12-4-13-29-48)49-30-14-5-15-31-49)57(46-87-65(60)79)89-47-90-58-44-78(77-75-58)70(50-32-16-6-17-33-50,51-34-18-7-19-35-51)52-36-20-8-21-37-52/h4-45,60,62,65H,46-47H2,1-3H3,(H,73,80)(H,72,74,83)/t60-,65+/m1/s1. The summed E-state index contributed by atoms with van der Waals surface area (Å²) in [4.78, 5) is 72.2. The molecule has 3 amide bonds. The van der Waals surface area contributed by atoms with E-state index in [2.05, 4.69) is 52.0 Å². The molecular weight excluding hydrogens is 1210 g/mol. The molecule has 4 heterocycles. The van der Waals surface area contributed by atoms with Gasteiger partial charge in [0.15, 0.2) is 16.9 Å². The molecular formula is C71H60N8O7S4. The third-order valence-electron chi connectivity index (χ3n) is 15.1. The molecule has 0 unspecified atom stereocenters. The van der Waals surface area contributed by atoms with Crippen molar-refractivity contribution in [1.82, 2.24) is 30.2 Å². The average molecular weight is 1270 g/mol. The third kappa shape index (κ3) is 12.7. The molecule has 2 aliphatic heterocycles. The Hall–Kier alpha value is -9.53. The minimum absolute atomic E-state index is 0.0469. The van der Waals surface area contributed by atoms with Crippen LogP contribution in [-0.4, -0.2) is 82.3 Å². The van der Waals surface area contributed by atoms with Crippen LogP contribution in [0.25, 0.3) is 0 Å². The molecule has 15 nitrogen and oxygen atoms in total. The molecule has 12 rings (SSSR count). The van der Waals surface area contributed by atoms with Gasteiger partial charge in [0.25, 0.3) is 11.8 Å². The maximum absolute atomic E-state index is 15.3. The number of thioether (sulfide) groups is 3. The number of nitrogens with zero attached hydrogens (tertiary/aromatic N) is 6. The predicted molar refractivity (Wildman–Crippen MR) is 355 cm³/mol. The van der Waals surface area contributed by atoms with Crippen LogP contribution >= 0.6 is 46.6 Å². The molecule has 2 aliphatic rings. The van der Waals surface area contributed by atoms with Crippen LogP contribution in [-0.2, 0) is 39.8 Å². The Kier molecular flexibility index (Phi) is 18.3. The maximum Gasteiger partial charge on any atom is 0.413 e. The summed E-state index contributed by atoms with van der Waals surface area (Å²) in [5.74, 6) is -1.77. The van der Waals surface area contributed by atoms with Crippen molar-refractivity contribution >= 4 is 81.3 Å². The van der Waals surface area contributed by atoms with Crippen LogP contribution in [0.4, 0.5) is 9.93 Å². The Labute approximate surface area is 538 Å². The lowest BCUT2D eigenvalue weighted by Crippen LogP contribution is -2.71. The van der Waals surface area contributed by atoms with Crippen LogP contribution < -0.4 is 10.6 Å². The quantitative estimate of drug-likeness (QED) is 0.0132. The average Bonchev–Trinajstić information content (AvgIpc) is 0.964. The predicted octanol–water partition coefficient (Wildman–Crippen LogP) is 14.1. The number of β-lactam (4-membered cyclic amide) rings is 1. The normalized spacial score (nSPS) is 15.1. The highest BCUT2D eigenvalue weighted by Gasteiger charge is 2.55. The maximum atomic E-state index is 15.3. The third-order valence-corrected chi connectivity index (χ3v) is 19.4. The molecule has 2 aromatic heterocycles. The van der Waals surface area contributed by atoms with Crippen LogP contribution in [0.1, 0.15) is 77.1 Å². The molecule has 19 heteroatoms. The zero-order valence-corrected chi connectivity index (χ0v) is 52.3. The van der Waals surface area contributed by atoms with Gasteiger partial charge in [0.1, 0.15) is 39.0 Å². The number of hydrogen-bond acceptors (Lipinski definition) is 15. The number of hydrogen-bond donors (Lipinski definition) is 2. The lowest BCUT2D eigenvalue weighted by Gasteiger charge is -2.49. The first-order valence-corrected chi connectivity index (χ1v) is 32.8. The van der Waals surface area contributed by atoms with Crippen molar-refractivity contribution in [3.8, 4) is 0 Å². The van der Waals surface area contributed by atoms with Gasteiger partial charge in [-0.15, -0.1) is 40.0 Å². The molecule has 2 atom stereocenters. The Bertz CT molecular complexity index is 3950. The number of ether oxygens (including phenoxy) is 2. The fourth-order valence-corrected chi connectivity index (χ4v) is 15.3. The molecule has 2 N–H and O–H groups in total.